The lowest BCUT2D eigenvalue weighted by Crippen LogP contribution is -2.12. The number of alkyl halides is 3. The van der Waals surface area contributed by atoms with Gasteiger partial charge in [-0.05, 0) is 0 Å². The van der Waals surface area contributed by atoms with Crippen LogP contribution in [-0.2, 0) is 4.84 Å². The van der Waals surface area contributed by atoms with E-state index in [4.69, 9.17) is 5.53 Å². The van der Waals surface area contributed by atoms with E-state index in [1.165, 1.54) is 0 Å². The van der Waals surface area contributed by atoms with Gasteiger partial charge in [-0.15, -0.1) is 13.2 Å². The third-order valence-electron chi connectivity index (χ3n) is 0.181. The highest BCUT2D eigenvalue weighted by Crippen LogP contribution is 2.13. The Bertz CT molecular complexity index is 112. The SMILES string of the molecule is [N-]=[N+]=[N+]OC(F)(F)F. The molecule has 0 aliphatic rings. The maximum Gasteiger partial charge on any atom is 0.597 e. The van der Waals surface area contributed by atoms with Crippen LogP contribution in [0.4, 0.5) is 13.2 Å². The van der Waals surface area contributed by atoms with E-state index in [9.17, 15) is 13.2 Å². The first-order chi connectivity index (χ1) is 3.56. The van der Waals surface area contributed by atoms with Crippen molar-refractivity contribution in [3.8, 4) is 0 Å². The van der Waals surface area contributed by atoms with E-state index < -0.39 is 6.36 Å². The third kappa shape index (κ3) is 4.90. The summed E-state index contributed by atoms with van der Waals surface area (Å²) < 4.78 is 32.3. The first-order valence-corrected chi connectivity index (χ1v) is 1.35. The van der Waals surface area contributed by atoms with Crippen molar-refractivity contribution >= 4 is 0 Å². The molecule has 0 amide bonds. The van der Waals surface area contributed by atoms with Gasteiger partial charge in [0, 0.05) is 0 Å². The number of azide groups is 1. The topological polar surface area (TPSA) is 59.7 Å². The van der Waals surface area contributed by atoms with Gasteiger partial charge in [-0.1, -0.05) is 0 Å². The molecular formula is CF3N3O+. The van der Waals surface area contributed by atoms with Crippen LogP contribution in [0.15, 0.2) is 0 Å². The zero-order chi connectivity index (χ0) is 6.62. The van der Waals surface area contributed by atoms with E-state index in [-0.39, 0.29) is 0 Å². The minimum atomic E-state index is -4.87. The highest BCUT2D eigenvalue weighted by atomic mass is 19.4. The monoisotopic (exact) mass is 127 g/mol. The molecule has 0 aromatic heterocycles. The van der Waals surface area contributed by atoms with Gasteiger partial charge < -0.3 is 0 Å². The normalized spacial score (nSPS) is 9.88. The van der Waals surface area contributed by atoms with Crippen LogP contribution in [0, 0.1) is 0 Å². The molecule has 4 nitrogen and oxygen atoms in total. The van der Waals surface area contributed by atoms with Crippen molar-refractivity contribution in [3.05, 3.63) is 10.4 Å². The van der Waals surface area contributed by atoms with Crippen LogP contribution in [0.25, 0.3) is 10.4 Å². The number of hydrogen-bond donors (Lipinski definition) is 0. The van der Waals surface area contributed by atoms with Crippen LogP contribution in [0.3, 0.4) is 0 Å². The second-order valence-corrected chi connectivity index (χ2v) is 0.708. The van der Waals surface area contributed by atoms with Crippen molar-refractivity contribution in [3.63, 3.8) is 0 Å². The Kier molecular flexibility index (Phi) is 1.96. The summed E-state index contributed by atoms with van der Waals surface area (Å²) in [6, 6.07) is 0. The number of nitrogens with zero attached hydrogens (tertiary/aromatic N) is 3. The summed E-state index contributed by atoms with van der Waals surface area (Å²) in [4.78, 5) is 4.29. The van der Waals surface area contributed by atoms with Crippen molar-refractivity contribution in [2.45, 2.75) is 6.36 Å². The van der Waals surface area contributed by atoms with Crippen molar-refractivity contribution in [2.24, 2.45) is 0 Å². The fraction of sp³-hybridized carbons (Fsp3) is 1.00. The highest BCUT2D eigenvalue weighted by Gasteiger charge is 2.33. The minimum Gasteiger partial charge on any atom is -0.226 e. The fourth-order valence-corrected chi connectivity index (χ4v) is 0.0645. The average Bonchev–Trinajstić information content (AvgIpc) is 1.59. The molecule has 0 fully saturated rings. The van der Waals surface area contributed by atoms with Crippen molar-refractivity contribution in [2.75, 3.05) is 0 Å². The number of halogens is 3. The van der Waals surface area contributed by atoms with Gasteiger partial charge in [-0.3, -0.25) is 0 Å². The van der Waals surface area contributed by atoms with E-state index in [2.05, 4.69) is 4.84 Å². The Hall–Kier alpha value is -1.10. The van der Waals surface area contributed by atoms with Gasteiger partial charge in [0.25, 0.3) is 4.91 Å². The third-order valence-corrected chi connectivity index (χ3v) is 0.181. The molecular weight excluding hydrogens is 127 g/mol. The largest absolute Gasteiger partial charge is 0.597 e. The van der Waals surface area contributed by atoms with E-state index in [1.807, 2.05) is 0 Å². The molecule has 0 aromatic carbocycles. The lowest BCUT2D eigenvalue weighted by atomic mass is 11.4. The standard InChI is InChI=1S/CF3N3O/c2-1(3,4)8-7-6-5/q+1. The molecule has 0 aliphatic carbocycles. The minimum absolute atomic E-state index is 1.70. The molecule has 0 saturated carbocycles. The molecule has 1 radical (unpaired) electrons. The molecule has 0 aromatic rings. The Morgan fingerprint density at radius 3 is 2.00 bits per heavy atom. The van der Waals surface area contributed by atoms with Crippen molar-refractivity contribution in [1.82, 2.24) is 5.28 Å². The van der Waals surface area contributed by atoms with Gasteiger partial charge in [0.15, 0.2) is 0 Å². The summed E-state index contributed by atoms with van der Waals surface area (Å²) in [7, 11) is 0. The number of hydrogen-bond acceptors (Lipinski definition) is 2. The Balaban J connectivity index is 3.55. The first kappa shape index (κ1) is 6.90. The maximum absolute atomic E-state index is 10.8. The molecule has 0 N–H and O–H groups in total. The molecule has 0 aliphatic heterocycles. The summed E-state index contributed by atoms with van der Waals surface area (Å²) in [5, 5.41) is 1.80. The molecule has 0 saturated heterocycles. The average molecular weight is 127 g/mol. The van der Waals surface area contributed by atoms with Gasteiger partial charge in [0.05, 0.1) is 0 Å². The van der Waals surface area contributed by atoms with Crippen LogP contribution in [0.2, 0.25) is 0 Å². The Morgan fingerprint density at radius 2 is 1.88 bits per heavy atom. The Morgan fingerprint density at radius 1 is 1.38 bits per heavy atom. The van der Waals surface area contributed by atoms with Gasteiger partial charge >= 0.3 is 17.2 Å². The lowest BCUT2D eigenvalue weighted by molar-refractivity contribution is -0.339. The number of rotatable bonds is 1. The summed E-state index contributed by atoms with van der Waals surface area (Å²) in [5.41, 5.74) is 7.26. The lowest BCUT2D eigenvalue weighted by Gasteiger charge is -1.92. The quantitative estimate of drug-likeness (QED) is 0.225. The van der Waals surface area contributed by atoms with Crippen LogP contribution in [0.5, 0.6) is 0 Å². The van der Waals surface area contributed by atoms with Crippen LogP contribution < -0.4 is 5.28 Å². The second-order valence-electron chi connectivity index (χ2n) is 0.708. The van der Waals surface area contributed by atoms with Gasteiger partial charge in [-0.25, -0.2) is 4.84 Å². The van der Waals surface area contributed by atoms with Gasteiger partial charge in [0.2, 0.25) is 0 Å². The molecule has 7 heteroatoms. The fourth-order valence-electron chi connectivity index (χ4n) is 0.0645. The zero-order valence-corrected chi connectivity index (χ0v) is 3.38. The van der Waals surface area contributed by atoms with Gasteiger partial charge in [-0.2, -0.15) is 0 Å². The Labute approximate surface area is 41.4 Å². The zero-order valence-electron chi connectivity index (χ0n) is 3.38. The summed E-state index contributed by atoms with van der Waals surface area (Å²) in [6.45, 7) is 0. The molecule has 0 rings (SSSR count). The molecule has 0 spiro atoms. The maximum atomic E-state index is 10.8. The molecule has 0 bridgehead atoms. The van der Waals surface area contributed by atoms with E-state index in [1.54, 1.807) is 10.2 Å². The summed E-state index contributed by atoms with van der Waals surface area (Å²) in [5.74, 6) is 0. The van der Waals surface area contributed by atoms with Crippen molar-refractivity contribution < 1.29 is 18.0 Å². The molecule has 45 valence electrons. The smallest absolute Gasteiger partial charge is 0.226 e. The van der Waals surface area contributed by atoms with Crippen LogP contribution >= 0.6 is 0 Å². The van der Waals surface area contributed by atoms with Crippen LogP contribution in [0.1, 0.15) is 0 Å². The first-order valence-electron chi connectivity index (χ1n) is 1.35. The van der Waals surface area contributed by atoms with Gasteiger partial charge in [0.1, 0.15) is 0 Å². The van der Waals surface area contributed by atoms with Crippen molar-refractivity contribution in [1.29, 1.82) is 0 Å². The molecule has 0 atom stereocenters. The van der Waals surface area contributed by atoms with E-state index in [0.29, 0.717) is 0 Å². The highest BCUT2D eigenvalue weighted by molar-refractivity contribution is 4.26. The van der Waals surface area contributed by atoms with E-state index >= 15 is 0 Å². The molecule has 0 heterocycles. The molecule has 0 unspecified atom stereocenters. The summed E-state index contributed by atoms with van der Waals surface area (Å²) >= 11 is 0. The predicted octanol–water partition coefficient (Wildman–Crippen LogP) is 1.08. The molecule has 8 heavy (non-hydrogen) atoms. The van der Waals surface area contributed by atoms with Crippen LogP contribution in [-0.4, -0.2) is 6.36 Å². The predicted molar refractivity (Wildman–Crippen MR) is 16.0 cm³/mol. The summed E-state index contributed by atoms with van der Waals surface area (Å²) in [6.07, 6.45) is -4.87. The van der Waals surface area contributed by atoms with E-state index in [0.717, 1.165) is 0 Å². The second kappa shape index (κ2) is 2.27.